The topological polar surface area (TPSA) is 58.4 Å². The highest BCUT2D eigenvalue weighted by Gasteiger charge is 2.38. The number of carbonyl (C=O) groups is 1. The molecule has 5 heteroatoms. The van der Waals surface area contributed by atoms with Crippen molar-refractivity contribution in [3.63, 3.8) is 0 Å². The highest BCUT2D eigenvalue weighted by Crippen LogP contribution is 2.25. The molecule has 1 aromatic heterocycles. The summed E-state index contributed by atoms with van der Waals surface area (Å²) in [4.78, 5) is 14.1. The molecule has 0 bridgehead atoms. The molecule has 1 amide bonds. The molecule has 2 unspecified atom stereocenters. The monoisotopic (exact) mass is 221 g/mol. The van der Waals surface area contributed by atoms with Crippen LogP contribution < -0.4 is 5.32 Å². The fraction of sp³-hybridized carbons (Fsp3) is 0.636. The van der Waals surface area contributed by atoms with Gasteiger partial charge in [-0.25, -0.2) is 0 Å². The van der Waals surface area contributed by atoms with Crippen LogP contribution in [0.3, 0.4) is 0 Å². The van der Waals surface area contributed by atoms with Crippen LogP contribution in [0.15, 0.2) is 16.8 Å². The van der Waals surface area contributed by atoms with Crippen LogP contribution in [-0.4, -0.2) is 41.1 Å². The molecule has 1 N–H and O–H groups in total. The molecule has 0 saturated carbocycles. The molecule has 0 aromatic carbocycles. The van der Waals surface area contributed by atoms with Crippen molar-refractivity contribution in [2.24, 2.45) is 0 Å². The summed E-state index contributed by atoms with van der Waals surface area (Å²) in [7, 11) is 0. The maximum absolute atomic E-state index is 12.2. The van der Waals surface area contributed by atoms with Crippen molar-refractivity contribution in [1.29, 1.82) is 0 Å². The molecule has 0 spiro atoms. The van der Waals surface area contributed by atoms with Gasteiger partial charge in [0.1, 0.15) is 0 Å². The minimum absolute atomic E-state index is 0.0177. The zero-order chi connectivity index (χ0) is 11.0. The summed E-state index contributed by atoms with van der Waals surface area (Å²) in [6, 6.07) is 2.45. The first-order valence-corrected chi connectivity index (χ1v) is 5.81. The molecule has 0 radical (unpaired) electrons. The smallest absolute Gasteiger partial charge is 0.292 e. The van der Waals surface area contributed by atoms with Crippen molar-refractivity contribution in [3.05, 3.63) is 18.0 Å². The van der Waals surface area contributed by atoms with Crippen molar-refractivity contribution in [2.45, 2.75) is 31.3 Å². The normalized spacial score (nSPS) is 29.1. The summed E-state index contributed by atoms with van der Waals surface area (Å²) in [6.07, 6.45) is 4.80. The van der Waals surface area contributed by atoms with E-state index in [1.165, 1.54) is 12.6 Å². The van der Waals surface area contributed by atoms with Crippen molar-refractivity contribution in [1.82, 2.24) is 15.4 Å². The van der Waals surface area contributed by atoms with E-state index < -0.39 is 0 Å². The third-order valence-electron chi connectivity index (χ3n) is 3.54. The molecule has 0 aliphatic carbocycles. The quantitative estimate of drug-likeness (QED) is 0.756. The number of rotatable bonds is 1. The van der Waals surface area contributed by atoms with Gasteiger partial charge in [0.25, 0.3) is 5.91 Å². The van der Waals surface area contributed by atoms with Gasteiger partial charge in [0, 0.05) is 24.7 Å². The fourth-order valence-corrected chi connectivity index (χ4v) is 2.79. The number of fused-ring (bicyclic) bond motifs is 1. The number of hydrogen-bond acceptors (Lipinski definition) is 4. The van der Waals surface area contributed by atoms with Gasteiger partial charge in [-0.2, -0.15) is 0 Å². The van der Waals surface area contributed by atoms with Gasteiger partial charge in [0.15, 0.2) is 0 Å². The zero-order valence-corrected chi connectivity index (χ0v) is 9.06. The largest absolute Gasteiger partial charge is 0.351 e. The number of likely N-dealkylation sites (tertiary alicyclic amines) is 1. The van der Waals surface area contributed by atoms with Gasteiger partial charge in [0.05, 0.1) is 6.20 Å². The number of piperidine rings is 1. The van der Waals surface area contributed by atoms with Crippen LogP contribution in [0.4, 0.5) is 0 Å². The first-order chi connectivity index (χ1) is 7.86. The van der Waals surface area contributed by atoms with E-state index in [2.05, 4.69) is 10.5 Å². The minimum atomic E-state index is -0.0177. The summed E-state index contributed by atoms with van der Waals surface area (Å²) in [5, 5.41) is 7.03. The van der Waals surface area contributed by atoms with Crippen molar-refractivity contribution in [3.8, 4) is 0 Å². The van der Waals surface area contributed by atoms with Gasteiger partial charge in [0.2, 0.25) is 5.76 Å². The molecule has 5 nitrogen and oxygen atoms in total. The molecule has 2 aliphatic rings. The van der Waals surface area contributed by atoms with Crippen LogP contribution in [0.1, 0.15) is 29.8 Å². The van der Waals surface area contributed by atoms with E-state index in [9.17, 15) is 4.79 Å². The van der Waals surface area contributed by atoms with Crippen LogP contribution in [0.2, 0.25) is 0 Å². The second kappa shape index (κ2) is 3.90. The second-order valence-electron chi connectivity index (χ2n) is 4.43. The van der Waals surface area contributed by atoms with Crippen LogP contribution in [-0.2, 0) is 0 Å². The lowest BCUT2D eigenvalue weighted by molar-refractivity contribution is 0.0558. The van der Waals surface area contributed by atoms with Crippen LogP contribution in [0.5, 0.6) is 0 Å². The van der Waals surface area contributed by atoms with E-state index in [0.717, 1.165) is 25.9 Å². The highest BCUT2D eigenvalue weighted by molar-refractivity contribution is 5.91. The van der Waals surface area contributed by atoms with E-state index in [1.807, 2.05) is 4.90 Å². The molecule has 2 atom stereocenters. The van der Waals surface area contributed by atoms with Gasteiger partial charge in [-0.1, -0.05) is 5.16 Å². The maximum atomic E-state index is 12.2. The minimum Gasteiger partial charge on any atom is -0.351 e. The number of amides is 1. The van der Waals surface area contributed by atoms with Crippen molar-refractivity contribution in [2.75, 3.05) is 13.1 Å². The number of hydrogen-bond donors (Lipinski definition) is 1. The average molecular weight is 221 g/mol. The third kappa shape index (κ3) is 1.51. The van der Waals surface area contributed by atoms with Crippen molar-refractivity contribution < 1.29 is 9.32 Å². The van der Waals surface area contributed by atoms with Gasteiger partial charge in [-0.15, -0.1) is 0 Å². The molecule has 3 rings (SSSR count). The first kappa shape index (κ1) is 9.84. The molecule has 1 aromatic rings. The summed E-state index contributed by atoms with van der Waals surface area (Å²) in [5.41, 5.74) is 0. The van der Waals surface area contributed by atoms with Crippen LogP contribution >= 0.6 is 0 Å². The van der Waals surface area contributed by atoms with E-state index in [-0.39, 0.29) is 5.91 Å². The number of carbonyl (C=O) groups excluding carboxylic acids is 1. The molecule has 2 saturated heterocycles. The SMILES string of the molecule is O=C(c1ccno1)N1CCCC2NCCC21. The number of nitrogens with zero attached hydrogens (tertiary/aromatic N) is 2. The molecule has 86 valence electrons. The highest BCUT2D eigenvalue weighted by atomic mass is 16.5. The van der Waals surface area contributed by atoms with Gasteiger partial charge < -0.3 is 14.7 Å². The number of aromatic nitrogens is 1. The Balaban J connectivity index is 1.80. The zero-order valence-electron chi connectivity index (χ0n) is 9.06. The van der Waals surface area contributed by atoms with Crippen LogP contribution in [0, 0.1) is 0 Å². The van der Waals surface area contributed by atoms with Crippen LogP contribution in [0.25, 0.3) is 0 Å². The third-order valence-corrected chi connectivity index (χ3v) is 3.54. The van der Waals surface area contributed by atoms with Gasteiger partial charge in [-0.05, 0) is 25.8 Å². The number of nitrogens with one attached hydrogen (secondary N) is 1. The molecule has 2 aliphatic heterocycles. The fourth-order valence-electron chi connectivity index (χ4n) is 2.79. The Labute approximate surface area is 93.8 Å². The Bertz CT molecular complexity index is 377. The maximum Gasteiger partial charge on any atom is 0.292 e. The Hall–Kier alpha value is -1.36. The van der Waals surface area contributed by atoms with E-state index in [0.29, 0.717) is 17.8 Å². The average Bonchev–Trinajstić information content (AvgIpc) is 2.98. The predicted octanol–water partition coefficient (Wildman–Crippen LogP) is 0.641. The Kier molecular flexibility index (Phi) is 2.40. The van der Waals surface area contributed by atoms with Crippen molar-refractivity contribution >= 4 is 5.91 Å². The lowest BCUT2D eigenvalue weighted by Crippen LogP contribution is -2.50. The van der Waals surface area contributed by atoms with Gasteiger partial charge in [-0.3, -0.25) is 4.79 Å². The Morgan fingerprint density at radius 2 is 2.50 bits per heavy atom. The summed E-state index contributed by atoms with van der Waals surface area (Å²) in [5.74, 6) is 0.337. The Morgan fingerprint density at radius 3 is 3.31 bits per heavy atom. The second-order valence-corrected chi connectivity index (χ2v) is 4.43. The molecule has 16 heavy (non-hydrogen) atoms. The van der Waals surface area contributed by atoms with Gasteiger partial charge >= 0.3 is 0 Å². The lowest BCUT2D eigenvalue weighted by Gasteiger charge is -2.36. The predicted molar refractivity (Wildman–Crippen MR) is 57.0 cm³/mol. The summed E-state index contributed by atoms with van der Waals surface area (Å²) >= 11 is 0. The summed E-state index contributed by atoms with van der Waals surface area (Å²) in [6.45, 7) is 1.85. The molecule has 3 heterocycles. The van der Waals surface area contributed by atoms with E-state index in [1.54, 1.807) is 6.07 Å². The van der Waals surface area contributed by atoms with E-state index >= 15 is 0 Å². The molecule has 2 fully saturated rings. The Morgan fingerprint density at radius 1 is 1.56 bits per heavy atom. The molecular weight excluding hydrogens is 206 g/mol. The molecular formula is C11H15N3O2. The van der Waals surface area contributed by atoms with E-state index in [4.69, 9.17) is 4.52 Å². The standard InChI is InChI=1S/C11H15N3O2/c15-11(10-4-6-13-16-10)14-7-1-2-8-9(14)3-5-12-8/h4,6,8-9,12H,1-3,5,7H2. The first-order valence-electron chi connectivity index (χ1n) is 5.81. The summed E-state index contributed by atoms with van der Waals surface area (Å²) < 4.78 is 4.94. The lowest BCUT2D eigenvalue weighted by atomic mass is 9.97.